The van der Waals surface area contributed by atoms with Crippen LogP contribution in [0.2, 0.25) is 10.0 Å². The van der Waals surface area contributed by atoms with Gasteiger partial charge in [-0.3, -0.25) is 13.9 Å². The molecule has 2 amide bonds. The largest absolute Gasteiger partial charge is 0.494 e. The van der Waals surface area contributed by atoms with Gasteiger partial charge in [-0.15, -0.1) is 0 Å². The molecule has 0 saturated carbocycles. The van der Waals surface area contributed by atoms with Gasteiger partial charge in [0.1, 0.15) is 18.3 Å². The van der Waals surface area contributed by atoms with Crippen LogP contribution < -0.4 is 14.4 Å². The minimum atomic E-state index is -4.17. The lowest BCUT2D eigenvalue weighted by molar-refractivity contribution is -0.140. The van der Waals surface area contributed by atoms with Crippen molar-refractivity contribution in [1.29, 1.82) is 0 Å². The number of nitrogens with zero attached hydrogens (tertiary/aromatic N) is 2. The van der Waals surface area contributed by atoms with Crippen LogP contribution in [0, 0.1) is 0 Å². The Morgan fingerprint density at radius 1 is 0.949 bits per heavy atom. The second kappa shape index (κ2) is 13.7. The van der Waals surface area contributed by atoms with Crippen molar-refractivity contribution in [2.75, 3.05) is 24.5 Å². The first-order valence-electron chi connectivity index (χ1n) is 12.4. The van der Waals surface area contributed by atoms with Gasteiger partial charge < -0.3 is 15.0 Å². The first kappa shape index (κ1) is 30.3. The van der Waals surface area contributed by atoms with E-state index in [1.807, 2.05) is 6.92 Å². The van der Waals surface area contributed by atoms with Crippen LogP contribution >= 0.6 is 23.2 Å². The highest BCUT2D eigenvalue weighted by molar-refractivity contribution is 7.92. The van der Waals surface area contributed by atoms with Crippen LogP contribution in [0.1, 0.15) is 25.8 Å². The highest BCUT2D eigenvalue weighted by atomic mass is 35.5. The summed E-state index contributed by atoms with van der Waals surface area (Å²) in [6.45, 7) is 3.54. The minimum Gasteiger partial charge on any atom is -0.494 e. The molecule has 0 aliphatic carbocycles. The maximum Gasteiger partial charge on any atom is 0.264 e. The Morgan fingerprint density at radius 3 is 2.18 bits per heavy atom. The molecule has 0 bridgehead atoms. The number of nitrogens with one attached hydrogen (secondary N) is 1. The van der Waals surface area contributed by atoms with Gasteiger partial charge in [-0.1, -0.05) is 54.4 Å². The molecular formula is C28H31Cl2N3O5S. The number of hydrogen-bond donors (Lipinski definition) is 1. The zero-order valence-corrected chi connectivity index (χ0v) is 24.3. The Hall–Kier alpha value is -3.27. The van der Waals surface area contributed by atoms with E-state index in [4.69, 9.17) is 27.9 Å². The van der Waals surface area contributed by atoms with Crippen LogP contribution in [0.25, 0.3) is 0 Å². The van der Waals surface area contributed by atoms with E-state index in [1.165, 1.54) is 24.1 Å². The third-order valence-corrected chi connectivity index (χ3v) is 8.54. The zero-order chi connectivity index (χ0) is 28.6. The van der Waals surface area contributed by atoms with Crippen molar-refractivity contribution in [2.45, 2.75) is 37.8 Å². The molecule has 0 aromatic heterocycles. The molecule has 0 unspecified atom stereocenters. The second-order valence-electron chi connectivity index (χ2n) is 8.56. The molecule has 0 aliphatic rings. The average Bonchev–Trinajstić information content (AvgIpc) is 2.94. The van der Waals surface area contributed by atoms with Crippen LogP contribution in [0.15, 0.2) is 77.7 Å². The number of anilines is 1. The van der Waals surface area contributed by atoms with E-state index in [0.29, 0.717) is 40.1 Å². The summed E-state index contributed by atoms with van der Waals surface area (Å²) in [5, 5.41) is 3.25. The highest BCUT2D eigenvalue weighted by Crippen LogP contribution is 2.27. The van der Waals surface area contributed by atoms with E-state index >= 15 is 0 Å². The van der Waals surface area contributed by atoms with Crippen LogP contribution in [-0.2, 0) is 26.2 Å². The van der Waals surface area contributed by atoms with E-state index < -0.39 is 28.5 Å². The summed E-state index contributed by atoms with van der Waals surface area (Å²) in [5.74, 6) is -0.399. The van der Waals surface area contributed by atoms with Gasteiger partial charge in [0, 0.05) is 13.6 Å². The second-order valence-corrected chi connectivity index (χ2v) is 11.2. The van der Waals surface area contributed by atoms with Gasteiger partial charge in [-0.25, -0.2) is 8.42 Å². The van der Waals surface area contributed by atoms with Gasteiger partial charge in [-0.2, -0.15) is 0 Å². The third kappa shape index (κ3) is 7.44. The topological polar surface area (TPSA) is 96.0 Å². The van der Waals surface area contributed by atoms with Crippen molar-refractivity contribution in [2.24, 2.45) is 0 Å². The Balaban J connectivity index is 2.03. The van der Waals surface area contributed by atoms with Gasteiger partial charge >= 0.3 is 0 Å². The van der Waals surface area contributed by atoms with Crippen molar-refractivity contribution in [3.8, 4) is 5.75 Å². The lowest BCUT2D eigenvalue weighted by atomic mass is 10.1. The number of likely N-dealkylation sites (N-methyl/N-ethyl adjacent to an activating group) is 1. The first-order valence-corrected chi connectivity index (χ1v) is 14.6. The van der Waals surface area contributed by atoms with Crippen LogP contribution in [0.5, 0.6) is 5.75 Å². The Kier molecular flexibility index (Phi) is 10.6. The summed E-state index contributed by atoms with van der Waals surface area (Å²) in [5.41, 5.74) is 0.947. The number of halogens is 2. The van der Waals surface area contributed by atoms with E-state index in [1.54, 1.807) is 67.6 Å². The fourth-order valence-electron chi connectivity index (χ4n) is 4.05. The summed E-state index contributed by atoms with van der Waals surface area (Å²) >= 11 is 12.2. The van der Waals surface area contributed by atoms with Crippen molar-refractivity contribution >= 4 is 50.7 Å². The molecule has 1 atom stereocenters. The molecule has 3 aromatic carbocycles. The smallest absolute Gasteiger partial charge is 0.264 e. The highest BCUT2D eigenvalue weighted by Gasteiger charge is 2.33. The molecule has 208 valence electrons. The molecule has 0 spiro atoms. The quantitative estimate of drug-likeness (QED) is 0.314. The molecule has 0 heterocycles. The molecule has 1 N–H and O–H groups in total. The van der Waals surface area contributed by atoms with E-state index in [-0.39, 0.29) is 17.3 Å². The van der Waals surface area contributed by atoms with Crippen molar-refractivity contribution in [3.63, 3.8) is 0 Å². The molecule has 0 radical (unpaired) electrons. The SMILES string of the molecule is CCOc1ccc(S(=O)(=O)N(CC(=O)N(Cc2ccc(Cl)c(Cl)c2)[C@H](CC)C(=O)NC)c2ccccc2)cc1. The first-order chi connectivity index (χ1) is 18.6. The summed E-state index contributed by atoms with van der Waals surface area (Å²) in [6, 6.07) is 18.4. The minimum absolute atomic E-state index is 0.00279. The Morgan fingerprint density at radius 2 is 1.62 bits per heavy atom. The van der Waals surface area contributed by atoms with Gasteiger partial charge in [-0.05, 0) is 67.4 Å². The van der Waals surface area contributed by atoms with Crippen molar-refractivity contribution in [1.82, 2.24) is 10.2 Å². The summed E-state index contributed by atoms with van der Waals surface area (Å²) < 4.78 is 34.1. The van der Waals surface area contributed by atoms with Gasteiger partial charge in [0.2, 0.25) is 11.8 Å². The number of amides is 2. The normalized spacial score (nSPS) is 11.9. The molecule has 8 nitrogen and oxygen atoms in total. The molecule has 3 rings (SSSR count). The van der Waals surface area contributed by atoms with E-state index in [2.05, 4.69) is 5.32 Å². The third-order valence-electron chi connectivity index (χ3n) is 6.02. The van der Waals surface area contributed by atoms with Gasteiger partial charge in [0.15, 0.2) is 0 Å². The molecule has 0 aliphatic heterocycles. The number of carbonyl (C=O) groups excluding carboxylic acids is 2. The van der Waals surface area contributed by atoms with Crippen LogP contribution in [0.4, 0.5) is 5.69 Å². The fraction of sp³-hybridized carbons (Fsp3) is 0.286. The molecule has 11 heteroatoms. The molecule has 39 heavy (non-hydrogen) atoms. The Bertz CT molecular complexity index is 1390. The predicted molar refractivity (Wildman–Crippen MR) is 154 cm³/mol. The number of benzene rings is 3. The number of para-hydroxylation sites is 1. The number of carbonyl (C=O) groups is 2. The summed E-state index contributed by atoms with van der Waals surface area (Å²) in [4.78, 5) is 28.0. The zero-order valence-electron chi connectivity index (χ0n) is 21.9. The molecular weight excluding hydrogens is 561 g/mol. The van der Waals surface area contributed by atoms with E-state index in [9.17, 15) is 18.0 Å². The predicted octanol–water partition coefficient (Wildman–Crippen LogP) is 5.14. The monoisotopic (exact) mass is 591 g/mol. The lowest BCUT2D eigenvalue weighted by Gasteiger charge is -2.33. The van der Waals surface area contributed by atoms with E-state index in [0.717, 1.165) is 4.31 Å². The lowest BCUT2D eigenvalue weighted by Crippen LogP contribution is -2.51. The maximum atomic E-state index is 13.9. The average molecular weight is 593 g/mol. The summed E-state index contributed by atoms with van der Waals surface area (Å²) in [7, 11) is -2.68. The number of sulfonamides is 1. The van der Waals surface area contributed by atoms with Crippen LogP contribution in [-0.4, -0.2) is 51.4 Å². The molecule has 0 fully saturated rings. The van der Waals surface area contributed by atoms with Gasteiger partial charge in [0.25, 0.3) is 10.0 Å². The molecule has 0 saturated heterocycles. The summed E-state index contributed by atoms with van der Waals surface area (Å²) in [6.07, 6.45) is 0.309. The number of hydrogen-bond acceptors (Lipinski definition) is 5. The molecule has 3 aromatic rings. The van der Waals surface area contributed by atoms with Crippen molar-refractivity contribution in [3.05, 3.63) is 88.4 Å². The Labute approximate surface area is 239 Å². The number of ether oxygens (including phenoxy) is 1. The van der Waals surface area contributed by atoms with Gasteiger partial charge in [0.05, 0.1) is 27.2 Å². The standard InChI is InChI=1S/C28H31Cl2N3O5S/c1-4-26(28(35)31-3)32(18-20-11-16-24(29)25(30)17-20)27(34)19-33(21-9-7-6-8-10-21)39(36,37)23-14-12-22(13-15-23)38-5-2/h6-17,26H,4-5,18-19H2,1-3H3,(H,31,35)/t26-/m1/s1. The maximum absolute atomic E-state index is 13.9. The number of rotatable bonds is 12. The van der Waals surface area contributed by atoms with Crippen LogP contribution in [0.3, 0.4) is 0 Å². The van der Waals surface area contributed by atoms with Crippen molar-refractivity contribution < 1.29 is 22.7 Å². The fourth-order valence-corrected chi connectivity index (χ4v) is 5.78.